The molecular formula is C87H146N2O13. The van der Waals surface area contributed by atoms with E-state index in [1.165, 1.54) is 5.56 Å². The molecule has 3 aromatic carbocycles. The lowest BCUT2D eigenvalue weighted by Gasteiger charge is -2.19. The summed E-state index contributed by atoms with van der Waals surface area (Å²) in [5.74, 6) is 2.44. The SMILES string of the molecule is CC(C)(C)C(=O)COCc1ccc(Oc2ccc(C(C)(C)C)cc2)cc1.CC(C)(C)CCOCC(=O)C(C)(C)C.CC(C)(C)CCOCCCCOCC(=O)C(C)(C)C.CC(C)(C)CCOCCCOCC(=O)C(C)(C)C.CC(C)(C)OCCn1ccc(-c2ccc(CC(=O)C(C)(C)C)cc2)n1. The van der Waals surface area contributed by atoms with E-state index in [9.17, 15) is 24.0 Å². The molecule has 0 N–H and O–H groups in total. The second kappa shape index (κ2) is 45.3. The fourth-order valence-electron chi connectivity index (χ4n) is 7.77. The number of nitrogens with zero attached hydrogens (tertiary/aromatic N) is 2. The number of rotatable bonds is 33. The van der Waals surface area contributed by atoms with E-state index in [2.05, 4.69) is 100 Å². The van der Waals surface area contributed by atoms with Crippen LogP contribution in [0.25, 0.3) is 11.3 Å². The third kappa shape index (κ3) is 51.0. The highest BCUT2D eigenvalue weighted by atomic mass is 16.5. The van der Waals surface area contributed by atoms with Crippen LogP contribution in [-0.2, 0) is 82.1 Å². The number of carbonyl (C=O) groups excluding carboxylic acids is 5. The minimum absolute atomic E-state index is 0.108. The summed E-state index contributed by atoms with van der Waals surface area (Å²) >= 11 is 0. The zero-order chi connectivity index (χ0) is 78.6. The normalized spacial score (nSPS) is 12.5. The van der Waals surface area contributed by atoms with Crippen LogP contribution in [0.5, 0.6) is 11.5 Å². The average molecular weight is 1430 g/mol. The van der Waals surface area contributed by atoms with Crippen molar-refractivity contribution in [3.8, 4) is 22.8 Å². The number of aromatic nitrogens is 2. The molecule has 0 atom stereocenters. The van der Waals surface area contributed by atoms with Crippen LogP contribution >= 0.6 is 0 Å². The lowest BCUT2D eigenvalue weighted by atomic mass is 9.87. The first-order chi connectivity index (χ1) is 46.5. The predicted molar refractivity (Wildman–Crippen MR) is 421 cm³/mol. The van der Waals surface area contributed by atoms with Gasteiger partial charge >= 0.3 is 0 Å². The van der Waals surface area contributed by atoms with Crippen molar-refractivity contribution in [2.75, 3.05) is 79.3 Å². The standard InChI is InChI=1S/C23H30O3.C21H30N2O2.C16H32O3.C15H30O3.C12H24O2/c1-22(2,3)18-9-13-20(14-10-18)26-19-11-7-17(8-12-19)15-25-16-21(24)23(4,5)6;1-20(2,3)19(24)15-16-7-9-17(10-8-16)18-11-12-23(22-18)13-14-25-21(4,5)6;1-15(2,3)9-12-18-10-7-8-11-19-13-14(17)16(4,5)6;1-14(2,3)8-11-17-9-7-10-18-12-13(16)15(4,5)6;1-11(2,3)7-8-14-9-10(13)12(4,5)6/h7-14H,15-16H2,1-6H3;7-12H,13-15H2,1-6H3;7-13H2,1-6H3;7-12H2,1-6H3;7-9H2,1-6H3. The molecule has 582 valence electrons. The maximum absolute atomic E-state index is 12.1. The third-order valence-corrected chi connectivity index (χ3v) is 15.8. The van der Waals surface area contributed by atoms with Crippen LogP contribution in [0.1, 0.15) is 263 Å². The van der Waals surface area contributed by atoms with Crippen molar-refractivity contribution < 1.29 is 61.9 Å². The Balaban J connectivity index is 0.00000127. The van der Waals surface area contributed by atoms with E-state index in [4.69, 9.17) is 37.9 Å². The van der Waals surface area contributed by atoms with Crippen molar-refractivity contribution in [3.05, 3.63) is 102 Å². The van der Waals surface area contributed by atoms with Gasteiger partial charge in [0.2, 0.25) is 0 Å². The fraction of sp³-hybridized carbons (Fsp3) is 0.701. The summed E-state index contributed by atoms with van der Waals surface area (Å²) in [6.45, 7) is 69.0. The molecule has 4 aromatic rings. The number of ketones is 5. The minimum Gasteiger partial charge on any atom is -0.457 e. The molecule has 0 aliphatic heterocycles. The van der Waals surface area contributed by atoms with E-state index in [0.717, 1.165) is 98.8 Å². The highest BCUT2D eigenvalue weighted by molar-refractivity contribution is 5.87. The molecule has 15 heteroatoms. The quantitative estimate of drug-likeness (QED) is 0.0412. The van der Waals surface area contributed by atoms with Crippen LogP contribution < -0.4 is 4.74 Å². The van der Waals surface area contributed by atoms with E-state index >= 15 is 0 Å². The van der Waals surface area contributed by atoms with Crippen LogP contribution in [-0.4, -0.2) is 124 Å². The molecule has 0 saturated carbocycles. The molecule has 1 heterocycles. The van der Waals surface area contributed by atoms with Gasteiger partial charge < -0.3 is 37.9 Å². The molecule has 0 amide bonds. The van der Waals surface area contributed by atoms with Crippen molar-refractivity contribution in [1.82, 2.24) is 9.78 Å². The summed E-state index contributed by atoms with van der Waals surface area (Å²) in [6.07, 6.45) is 8.38. The summed E-state index contributed by atoms with van der Waals surface area (Å²) in [5, 5.41) is 4.60. The first-order valence-corrected chi connectivity index (χ1v) is 37.3. The molecule has 0 aliphatic rings. The van der Waals surface area contributed by atoms with Gasteiger partial charge in [-0.25, -0.2) is 0 Å². The highest BCUT2D eigenvalue weighted by Crippen LogP contribution is 2.29. The summed E-state index contributed by atoms with van der Waals surface area (Å²) < 4.78 is 46.2. The van der Waals surface area contributed by atoms with Crippen LogP contribution in [0.3, 0.4) is 0 Å². The van der Waals surface area contributed by atoms with E-state index < -0.39 is 0 Å². The molecule has 0 spiro atoms. The van der Waals surface area contributed by atoms with Crippen molar-refractivity contribution >= 4 is 28.9 Å². The molecule has 1 aromatic heterocycles. The van der Waals surface area contributed by atoms with Gasteiger partial charge in [0.05, 0.1) is 31.1 Å². The molecule has 0 aliphatic carbocycles. The van der Waals surface area contributed by atoms with E-state index in [1.807, 2.05) is 202 Å². The maximum Gasteiger partial charge on any atom is 0.163 e. The molecular weight excluding hydrogens is 1280 g/mol. The molecule has 102 heavy (non-hydrogen) atoms. The van der Waals surface area contributed by atoms with Gasteiger partial charge in [-0.1, -0.05) is 235 Å². The largest absolute Gasteiger partial charge is 0.457 e. The van der Waals surface area contributed by atoms with Gasteiger partial charge in [0.15, 0.2) is 23.1 Å². The summed E-state index contributed by atoms with van der Waals surface area (Å²) in [7, 11) is 0. The lowest BCUT2D eigenvalue weighted by Crippen LogP contribution is -2.25. The number of carbonyl (C=O) groups is 5. The van der Waals surface area contributed by atoms with Gasteiger partial charge in [0.1, 0.15) is 43.7 Å². The van der Waals surface area contributed by atoms with Crippen LogP contribution in [0, 0.1) is 43.3 Å². The van der Waals surface area contributed by atoms with Gasteiger partial charge in [-0.2, -0.15) is 5.10 Å². The second-order valence-electron chi connectivity index (χ2n) is 37.6. The van der Waals surface area contributed by atoms with Crippen molar-refractivity contribution in [2.24, 2.45) is 43.3 Å². The molecule has 0 saturated heterocycles. The predicted octanol–water partition coefficient (Wildman–Crippen LogP) is 20.8. The number of unbranched alkanes of at least 4 members (excludes halogenated alkanes) is 1. The van der Waals surface area contributed by atoms with E-state index in [1.54, 1.807) is 0 Å². The molecule has 15 nitrogen and oxygen atoms in total. The highest BCUT2D eigenvalue weighted by Gasteiger charge is 2.25. The van der Waals surface area contributed by atoms with E-state index in [0.29, 0.717) is 56.9 Å². The maximum atomic E-state index is 12.1. The molecule has 0 bridgehead atoms. The van der Waals surface area contributed by atoms with Gasteiger partial charge in [0.25, 0.3) is 0 Å². The molecule has 4 rings (SSSR count). The Morgan fingerprint density at radius 3 is 1.08 bits per heavy atom. The monoisotopic (exact) mass is 1430 g/mol. The number of hydrogen-bond donors (Lipinski definition) is 0. The molecule has 0 radical (unpaired) electrons. The van der Waals surface area contributed by atoms with Gasteiger partial charge in [0, 0.05) is 91.5 Å². The van der Waals surface area contributed by atoms with Crippen LogP contribution in [0.4, 0.5) is 0 Å². The zero-order valence-corrected chi connectivity index (χ0v) is 70.1. The third-order valence-electron chi connectivity index (χ3n) is 15.8. The lowest BCUT2D eigenvalue weighted by molar-refractivity contribution is -0.132. The smallest absolute Gasteiger partial charge is 0.163 e. The Labute approximate surface area is 621 Å². The summed E-state index contributed by atoms with van der Waals surface area (Å²) in [4.78, 5) is 58.6. The Morgan fingerprint density at radius 2 is 0.696 bits per heavy atom. The van der Waals surface area contributed by atoms with Crippen LogP contribution in [0.2, 0.25) is 0 Å². The summed E-state index contributed by atoms with van der Waals surface area (Å²) in [6, 6.07) is 26.0. The first-order valence-electron chi connectivity index (χ1n) is 37.3. The number of hydrogen-bond acceptors (Lipinski definition) is 14. The Hall–Kier alpha value is -5.26. The zero-order valence-electron chi connectivity index (χ0n) is 70.1. The van der Waals surface area contributed by atoms with Gasteiger partial charge in [-0.3, -0.25) is 28.7 Å². The minimum atomic E-state index is -0.361. The Kier molecular flexibility index (Phi) is 43.0. The van der Waals surface area contributed by atoms with Crippen LogP contribution in [0.15, 0.2) is 85.1 Å². The summed E-state index contributed by atoms with van der Waals surface area (Å²) in [5.41, 5.74) is 4.76. The topological polar surface area (TPSA) is 177 Å². The van der Waals surface area contributed by atoms with Gasteiger partial charge in [-0.15, -0.1) is 0 Å². The fourth-order valence-corrected chi connectivity index (χ4v) is 7.77. The number of benzene rings is 3. The number of ether oxygens (including phenoxy) is 8. The van der Waals surface area contributed by atoms with E-state index in [-0.39, 0.29) is 98.8 Å². The van der Waals surface area contributed by atoms with Crippen molar-refractivity contribution in [2.45, 2.75) is 277 Å². The second-order valence-corrected chi connectivity index (χ2v) is 37.6. The average Bonchev–Trinajstić information content (AvgIpc) is 1.27. The van der Waals surface area contributed by atoms with Gasteiger partial charge in [-0.05, 0) is 128 Å². The first kappa shape index (κ1) is 96.7. The number of Topliss-reactive ketones (excluding diaryl/α,β-unsaturated/α-hetero) is 5. The Morgan fingerprint density at radius 1 is 0.353 bits per heavy atom. The Bertz CT molecular complexity index is 2960. The van der Waals surface area contributed by atoms with Crippen molar-refractivity contribution in [1.29, 1.82) is 0 Å². The van der Waals surface area contributed by atoms with Crippen molar-refractivity contribution in [3.63, 3.8) is 0 Å². The molecule has 0 fully saturated rings. The molecule has 0 unspecified atom stereocenters.